The normalized spacial score (nSPS) is 14.8. The van der Waals surface area contributed by atoms with Crippen molar-refractivity contribution in [2.45, 2.75) is 39.0 Å². The second-order valence-electron chi connectivity index (χ2n) is 7.35. The maximum Gasteiger partial charge on any atom is 0.255 e. The van der Waals surface area contributed by atoms with E-state index in [0.717, 1.165) is 41.5 Å². The maximum atomic E-state index is 12.4. The third-order valence-corrected chi connectivity index (χ3v) is 6.08. The molecule has 0 aliphatic heterocycles. The molecule has 2 amide bonds. The van der Waals surface area contributed by atoms with Crippen LogP contribution in [-0.2, 0) is 4.79 Å². The van der Waals surface area contributed by atoms with E-state index in [0.29, 0.717) is 16.4 Å². The van der Waals surface area contributed by atoms with Gasteiger partial charge in [-0.05, 0) is 50.1 Å². The van der Waals surface area contributed by atoms with Gasteiger partial charge in [-0.2, -0.15) is 0 Å². The van der Waals surface area contributed by atoms with Gasteiger partial charge in [0.05, 0.1) is 10.2 Å². The number of amides is 2. The lowest BCUT2D eigenvalue weighted by molar-refractivity contribution is -0.120. The molecule has 0 spiro atoms. The first-order valence-corrected chi connectivity index (χ1v) is 10.5. The molecule has 6 heteroatoms. The molecular formula is C22H23N3O2S. The Morgan fingerprint density at radius 1 is 1.04 bits per heavy atom. The standard InChI is InChI=1S/C22H23N3O2S/c1-14-6-5-9-16(12-14)21(27)23-17-10-11-19-18(13-17)24-22(28-19)25-20(26)15-7-3-2-4-8-15/h5-6,9-13,15H,2-4,7-8H2,1H3,(H,23,27)(H,24,25,26). The molecule has 0 atom stereocenters. The predicted octanol–water partition coefficient (Wildman–Crippen LogP) is 5.38. The molecular weight excluding hydrogens is 370 g/mol. The van der Waals surface area contributed by atoms with Crippen LogP contribution >= 0.6 is 11.3 Å². The van der Waals surface area contributed by atoms with Crippen LogP contribution in [0.3, 0.4) is 0 Å². The molecule has 28 heavy (non-hydrogen) atoms. The topological polar surface area (TPSA) is 71.1 Å². The van der Waals surface area contributed by atoms with Crippen LogP contribution in [0.25, 0.3) is 10.2 Å². The number of anilines is 2. The fourth-order valence-electron chi connectivity index (χ4n) is 3.62. The zero-order chi connectivity index (χ0) is 19.5. The van der Waals surface area contributed by atoms with E-state index in [1.54, 1.807) is 6.07 Å². The molecule has 5 nitrogen and oxygen atoms in total. The summed E-state index contributed by atoms with van der Waals surface area (Å²) in [5.41, 5.74) is 3.13. The quantitative estimate of drug-likeness (QED) is 0.625. The molecule has 4 rings (SSSR count). The molecule has 0 unspecified atom stereocenters. The van der Waals surface area contributed by atoms with E-state index in [1.165, 1.54) is 17.8 Å². The highest BCUT2D eigenvalue weighted by Gasteiger charge is 2.22. The van der Waals surface area contributed by atoms with Crippen LogP contribution in [0.1, 0.15) is 48.0 Å². The van der Waals surface area contributed by atoms with Crippen molar-refractivity contribution in [1.29, 1.82) is 0 Å². The third-order valence-electron chi connectivity index (χ3n) is 5.13. The molecule has 1 aliphatic rings. The molecule has 0 radical (unpaired) electrons. The SMILES string of the molecule is Cc1cccc(C(=O)Nc2ccc3sc(NC(=O)C4CCCCC4)nc3c2)c1. The largest absolute Gasteiger partial charge is 0.322 e. The fraction of sp³-hybridized carbons (Fsp3) is 0.318. The Morgan fingerprint density at radius 3 is 2.64 bits per heavy atom. The van der Waals surface area contributed by atoms with Gasteiger partial charge in [-0.15, -0.1) is 0 Å². The molecule has 0 bridgehead atoms. The number of hydrogen-bond acceptors (Lipinski definition) is 4. The van der Waals surface area contributed by atoms with Crippen LogP contribution in [0.4, 0.5) is 10.8 Å². The third kappa shape index (κ3) is 4.22. The maximum absolute atomic E-state index is 12.4. The van der Waals surface area contributed by atoms with Crippen molar-refractivity contribution in [1.82, 2.24) is 4.98 Å². The summed E-state index contributed by atoms with van der Waals surface area (Å²) in [5, 5.41) is 6.51. The minimum Gasteiger partial charge on any atom is -0.322 e. The van der Waals surface area contributed by atoms with E-state index >= 15 is 0 Å². The number of aryl methyl sites for hydroxylation is 1. The summed E-state index contributed by atoms with van der Waals surface area (Å²) in [6.45, 7) is 1.96. The number of nitrogens with zero attached hydrogens (tertiary/aromatic N) is 1. The molecule has 144 valence electrons. The van der Waals surface area contributed by atoms with E-state index in [2.05, 4.69) is 15.6 Å². The van der Waals surface area contributed by atoms with Gasteiger partial charge in [0.25, 0.3) is 5.91 Å². The summed E-state index contributed by atoms with van der Waals surface area (Å²) in [7, 11) is 0. The van der Waals surface area contributed by atoms with E-state index < -0.39 is 0 Å². The van der Waals surface area contributed by atoms with Gasteiger partial charge in [-0.25, -0.2) is 4.98 Å². The second-order valence-corrected chi connectivity index (χ2v) is 8.38. The number of benzene rings is 2. The Bertz CT molecular complexity index is 1020. The highest BCUT2D eigenvalue weighted by molar-refractivity contribution is 7.22. The lowest BCUT2D eigenvalue weighted by Crippen LogP contribution is -2.24. The molecule has 2 aromatic carbocycles. The van der Waals surface area contributed by atoms with Crippen molar-refractivity contribution < 1.29 is 9.59 Å². The van der Waals surface area contributed by atoms with E-state index in [-0.39, 0.29) is 17.7 Å². The minimum atomic E-state index is -0.149. The lowest BCUT2D eigenvalue weighted by Gasteiger charge is -2.19. The van der Waals surface area contributed by atoms with Crippen molar-refractivity contribution >= 4 is 44.2 Å². The van der Waals surface area contributed by atoms with Gasteiger partial charge in [0.1, 0.15) is 0 Å². The lowest BCUT2D eigenvalue weighted by atomic mass is 9.89. The van der Waals surface area contributed by atoms with E-state index in [4.69, 9.17) is 0 Å². The number of rotatable bonds is 4. The van der Waals surface area contributed by atoms with E-state index in [1.807, 2.05) is 43.3 Å². The average Bonchev–Trinajstić information content (AvgIpc) is 3.10. The van der Waals surface area contributed by atoms with Gasteiger partial charge in [-0.1, -0.05) is 48.3 Å². The summed E-state index contributed by atoms with van der Waals surface area (Å²) < 4.78 is 0.979. The zero-order valence-corrected chi connectivity index (χ0v) is 16.6. The van der Waals surface area contributed by atoms with Crippen LogP contribution < -0.4 is 10.6 Å². The molecule has 1 heterocycles. The van der Waals surface area contributed by atoms with Crippen molar-refractivity contribution in [3.8, 4) is 0 Å². The molecule has 0 saturated heterocycles. The summed E-state index contributed by atoms with van der Waals surface area (Å²) >= 11 is 1.46. The van der Waals surface area contributed by atoms with Crippen molar-refractivity contribution in [2.24, 2.45) is 5.92 Å². The summed E-state index contributed by atoms with van der Waals surface area (Å²) in [5.74, 6) is 0.0285. The molecule has 1 aromatic heterocycles. The van der Waals surface area contributed by atoms with Crippen molar-refractivity contribution in [3.63, 3.8) is 0 Å². The van der Waals surface area contributed by atoms with Gasteiger partial charge >= 0.3 is 0 Å². The Morgan fingerprint density at radius 2 is 1.86 bits per heavy atom. The Labute approximate surface area is 168 Å². The average molecular weight is 394 g/mol. The summed E-state index contributed by atoms with van der Waals surface area (Å²) in [6, 6.07) is 13.1. The Hall–Kier alpha value is -2.73. The smallest absolute Gasteiger partial charge is 0.255 e. The van der Waals surface area contributed by atoms with Crippen molar-refractivity contribution in [2.75, 3.05) is 10.6 Å². The van der Waals surface area contributed by atoms with Crippen LogP contribution in [0.2, 0.25) is 0 Å². The molecule has 1 aliphatic carbocycles. The molecule has 2 N–H and O–H groups in total. The number of fused-ring (bicyclic) bond motifs is 1. The first-order valence-electron chi connectivity index (χ1n) is 9.68. The predicted molar refractivity (Wildman–Crippen MR) is 114 cm³/mol. The van der Waals surface area contributed by atoms with E-state index in [9.17, 15) is 9.59 Å². The number of aromatic nitrogens is 1. The Kier molecular flexibility index (Phi) is 5.39. The summed E-state index contributed by atoms with van der Waals surface area (Å²) in [6.07, 6.45) is 5.41. The molecule has 1 saturated carbocycles. The highest BCUT2D eigenvalue weighted by Crippen LogP contribution is 2.30. The number of thiazole rings is 1. The Balaban J connectivity index is 1.47. The summed E-state index contributed by atoms with van der Waals surface area (Å²) in [4.78, 5) is 29.4. The molecule has 1 fully saturated rings. The fourth-order valence-corrected chi connectivity index (χ4v) is 4.47. The highest BCUT2D eigenvalue weighted by atomic mass is 32.1. The second kappa shape index (κ2) is 8.10. The number of nitrogens with one attached hydrogen (secondary N) is 2. The van der Waals surface area contributed by atoms with Crippen molar-refractivity contribution in [3.05, 3.63) is 53.6 Å². The minimum absolute atomic E-state index is 0.0757. The van der Waals surface area contributed by atoms with Gasteiger partial charge in [0, 0.05) is 17.2 Å². The first kappa shape index (κ1) is 18.6. The number of carbonyl (C=O) groups is 2. The monoisotopic (exact) mass is 393 g/mol. The van der Waals surface area contributed by atoms with Gasteiger partial charge in [0.15, 0.2) is 5.13 Å². The first-order chi connectivity index (χ1) is 13.6. The van der Waals surface area contributed by atoms with Gasteiger partial charge in [0.2, 0.25) is 5.91 Å². The van der Waals surface area contributed by atoms with Crippen LogP contribution in [0, 0.1) is 12.8 Å². The van der Waals surface area contributed by atoms with Crippen LogP contribution in [-0.4, -0.2) is 16.8 Å². The van der Waals surface area contributed by atoms with Crippen LogP contribution in [0.5, 0.6) is 0 Å². The molecule has 3 aromatic rings. The van der Waals surface area contributed by atoms with Gasteiger partial charge in [-0.3, -0.25) is 9.59 Å². The number of carbonyl (C=O) groups excluding carboxylic acids is 2. The number of hydrogen-bond donors (Lipinski definition) is 2. The zero-order valence-electron chi connectivity index (χ0n) is 15.8. The van der Waals surface area contributed by atoms with Gasteiger partial charge < -0.3 is 10.6 Å². The van der Waals surface area contributed by atoms with Crippen LogP contribution in [0.15, 0.2) is 42.5 Å².